The fraction of sp³-hybridized carbons (Fsp3) is 0.667. The molecular formula is C9H15O6. The summed E-state index contributed by atoms with van der Waals surface area (Å²) in [6.45, 7) is 6.54. The molecule has 1 radical (unpaired) electrons. The molecule has 2 unspecified atom stereocenters. The van der Waals surface area contributed by atoms with E-state index in [4.69, 9.17) is 9.47 Å². The lowest BCUT2D eigenvalue weighted by Gasteiger charge is -2.15. The highest BCUT2D eigenvalue weighted by Gasteiger charge is 2.09. The van der Waals surface area contributed by atoms with Crippen molar-refractivity contribution in [2.24, 2.45) is 0 Å². The minimum absolute atomic E-state index is 0.455. The number of carbonyl (C=O) groups is 2. The molecule has 0 saturated heterocycles. The van der Waals surface area contributed by atoms with Crippen LogP contribution in [-0.4, -0.2) is 24.5 Å². The molecule has 0 saturated carbocycles. The molecule has 0 fully saturated rings. The minimum atomic E-state index is -0.743. The normalized spacial score (nSPS) is 14.1. The Morgan fingerprint density at radius 1 is 0.933 bits per heavy atom. The highest BCUT2D eigenvalue weighted by atomic mass is 16.8. The van der Waals surface area contributed by atoms with E-state index in [1.54, 1.807) is 0 Å². The van der Waals surface area contributed by atoms with Gasteiger partial charge >= 0.3 is 11.9 Å². The molecule has 15 heavy (non-hydrogen) atoms. The third-order valence-corrected chi connectivity index (χ3v) is 1.16. The second-order valence-electron chi connectivity index (χ2n) is 2.72. The summed E-state index contributed by atoms with van der Waals surface area (Å²) < 4.78 is 18.9. The van der Waals surface area contributed by atoms with Crippen LogP contribution in [0.25, 0.3) is 0 Å². The third kappa shape index (κ3) is 9.17. The summed E-state index contributed by atoms with van der Waals surface area (Å²) in [7, 11) is 0. The van der Waals surface area contributed by atoms with E-state index in [0.29, 0.717) is 0 Å². The topological polar surface area (TPSA) is 71.1 Å². The number of carbonyl (C=O) groups excluding carboxylic acids is 2. The molecule has 0 aromatic carbocycles. The van der Waals surface area contributed by atoms with Crippen LogP contribution >= 0.6 is 0 Å². The molecule has 0 aromatic rings. The Hall–Kier alpha value is -1.14. The van der Waals surface area contributed by atoms with E-state index in [2.05, 4.69) is 9.47 Å². The summed E-state index contributed by atoms with van der Waals surface area (Å²) in [5.41, 5.74) is 0. The van der Waals surface area contributed by atoms with Gasteiger partial charge in [0.2, 0.25) is 19.4 Å². The Morgan fingerprint density at radius 2 is 1.27 bits per heavy atom. The number of esters is 2. The maximum atomic E-state index is 10.5. The lowest BCUT2D eigenvalue weighted by molar-refractivity contribution is -0.201. The predicted octanol–water partition coefficient (Wildman–Crippen LogP) is 0.957. The molecule has 87 valence electrons. The SMILES string of the molecule is CC(=O)OC(C)O[CH]OC(C)OC(C)=O. The van der Waals surface area contributed by atoms with Crippen LogP contribution in [0.1, 0.15) is 27.7 Å². The van der Waals surface area contributed by atoms with Gasteiger partial charge in [-0.05, 0) is 13.8 Å². The molecule has 6 nitrogen and oxygen atoms in total. The molecule has 0 bridgehead atoms. The summed E-state index contributed by atoms with van der Waals surface area (Å²) in [5, 5.41) is 0. The Morgan fingerprint density at radius 3 is 1.53 bits per heavy atom. The van der Waals surface area contributed by atoms with Crippen molar-refractivity contribution >= 4 is 11.9 Å². The van der Waals surface area contributed by atoms with Crippen LogP contribution < -0.4 is 0 Å². The Kier molecular flexibility index (Phi) is 6.64. The van der Waals surface area contributed by atoms with Crippen molar-refractivity contribution in [2.45, 2.75) is 40.3 Å². The predicted molar refractivity (Wildman–Crippen MR) is 48.9 cm³/mol. The van der Waals surface area contributed by atoms with E-state index >= 15 is 0 Å². The highest BCUT2D eigenvalue weighted by Crippen LogP contribution is 2.01. The quantitative estimate of drug-likeness (QED) is 0.489. The van der Waals surface area contributed by atoms with Gasteiger partial charge in [-0.15, -0.1) is 0 Å². The van der Waals surface area contributed by atoms with Crippen LogP contribution in [0.5, 0.6) is 0 Å². The highest BCUT2D eigenvalue weighted by molar-refractivity contribution is 5.66. The second kappa shape index (κ2) is 7.19. The van der Waals surface area contributed by atoms with Gasteiger partial charge in [-0.1, -0.05) is 0 Å². The van der Waals surface area contributed by atoms with Crippen LogP contribution in [-0.2, 0) is 28.5 Å². The van der Waals surface area contributed by atoms with Crippen LogP contribution in [0.3, 0.4) is 0 Å². The summed E-state index contributed by atoms with van der Waals surface area (Å²) in [5.74, 6) is -0.909. The van der Waals surface area contributed by atoms with E-state index in [1.807, 2.05) is 0 Å². The van der Waals surface area contributed by atoms with Crippen LogP contribution in [0, 0.1) is 6.79 Å². The zero-order chi connectivity index (χ0) is 11.8. The van der Waals surface area contributed by atoms with Crippen molar-refractivity contribution in [1.82, 2.24) is 0 Å². The van der Waals surface area contributed by atoms with Gasteiger partial charge in [0.1, 0.15) is 0 Å². The molecule has 2 atom stereocenters. The summed E-state index contributed by atoms with van der Waals surface area (Å²) >= 11 is 0. The standard InChI is InChI=1S/C9H15O6/c1-6(10)14-8(3)12-5-13-9(4)15-7(2)11/h5,8-9H,1-4H3. The van der Waals surface area contributed by atoms with Crippen molar-refractivity contribution in [1.29, 1.82) is 0 Å². The molecule has 0 spiro atoms. The van der Waals surface area contributed by atoms with Gasteiger partial charge in [0.15, 0.2) is 0 Å². The lowest BCUT2D eigenvalue weighted by Crippen LogP contribution is -2.19. The average molecular weight is 219 g/mol. The molecule has 0 amide bonds. The minimum Gasteiger partial charge on any atom is -0.436 e. The van der Waals surface area contributed by atoms with Gasteiger partial charge in [0.05, 0.1) is 0 Å². The first-order valence-corrected chi connectivity index (χ1v) is 4.39. The molecule has 0 aliphatic carbocycles. The van der Waals surface area contributed by atoms with Crippen molar-refractivity contribution in [3.63, 3.8) is 0 Å². The van der Waals surface area contributed by atoms with Gasteiger partial charge in [-0.3, -0.25) is 9.59 Å². The molecule has 0 rings (SSSR count). The fourth-order valence-corrected chi connectivity index (χ4v) is 0.712. The second-order valence-corrected chi connectivity index (χ2v) is 2.72. The van der Waals surface area contributed by atoms with E-state index in [9.17, 15) is 9.59 Å². The molecule has 0 aliphatic rings. The molecule has 0 heterocycles. The molecule has 6 heteroatoms. The molecule has 0 aromatic heterocycles. The van der Waals surface area contributed by atoms with Gasteiger partial charge in [-0.2, -0.15) is 0 Å². The first kappa shape index (κ1) is 13.9. The van der Waals surface area contributed by atoms with Crippen molar-refractivity contribution < 1.29 is 28.5 Å². The van der Waals surface area contributed by atoms with Crippen LogP contribution in [0.15, 0.2) is 0 Å². The largest absolute Gasteiger partial charge is 0.436 e. The Balaban J connectivity index is 3.52. The first-order chi connectivity index (χ1) is 6.91. The van der Waals surface area contributed by atoms with Gasteiger partial charge in [-0.25, -0.2) is 0 Å². The van der Waals surface area contributed by atoms with Crippen molar-refractivity contribution in [3.05, 3.63) is 6.79 Å². The van der Waals surface area contributed by atoms with E-state index in [1.165, 1.54) is 27.7 Å². The first-order valence-electron chi connectivity index (χ1n) is 4.39. The van der Waals surface area contributed by atoms with Crippen LogP contribution in [0.4, 0.5) is 0 Å². The molecule has 0 N–H and O–H groups in total. The number of hydrogen-bond acceptors (Lipinski definition) is 6. The number of rotatable bonds is 6. The fourth-order valence-electron chi connectivity index (χ4n) is 0.712. The summed E-state index contributed by atoms with van der Waals surface area (Å²) in [6, 6.07) is 0. The average Bonchev–Trinajstić information content (AvgIpc) is 2.00. The number of hydrogen-bond donors (Lipinski definition) is 0. The van der Waals surface area contributed by atoms with Crippen molar-refractivity contribution in [2.75, 3.05) is 0 Å². The number of ether oxygens (including phenoxy) is 4. The van der Waals surface area contributed by atoms with Crippen LogP contribution in [0.2, 0.25) is 0 Å². The third-order valence-electron chi connectivity index (χ3n) is 1.16. The lowest BCUT2D eigenvalue weighted by atomic mass is 10.7. The zero-order valence-electron chi connectivity index (χ0n) is 9.18. The van der Waals surface area contributed by atoms with Gasteiger partial charge < -0.3 is 18.9 Å². The summed E-state index contributed by atoms with van der Waals surface area (Å²) in [4.78, 5) is 20.9. The van der Waals surface area contributed by atoms with Crippen molar-refractivity contribution in [3.8, 4) is 0 Å². The molecule has 0 aliphatic heterocycles. The monoisotopic (exact) mass is 219 g/mol. The maximum Gasteiger partial charge on any atom is 0.304 e. The maximum absolute atomic E-state index is 10.5. The van der Waals surface area contributed by atoms with Gasteiger partial charge in [0.25, 0.3) is 0 Å². The van der Waals surface area contributed by atoms with E-state index in [0.717, 1.165) is 6.79 Å². The molecular weight excluding hydrogens is 204 g/mol. The van der Waals surface area contributed by atoms with E-state index in [-0.39, 0.29) is 0 Å². The van der Waals surface area contributed by atoms with E-state index < -0.39 is 24.5 Å². The summed E-state index contributed by atoms with van der Waals surface area (Å²) in [6.07, 6.45) is -1.49. The Bertz CT molecular complexity index is 193. The Labute approximate surface area is 88.4 Å². The van der Waals surface area contributed by atoms with Gasteiger partial charge in [0, 0.05) is 13.8 Å². The zero-order valence-corrected chi connectivity index (χ0v) is 9.18. The smallest absolute Gasteiger partial charge is 0.304 e.